The van der Waals surface area contributed by atoms with Gasteiger partial charge in [-0.3, -0.25) is 0 Å². The summed E-state index contributed by atoms with van der Waals surface area (Å²) in [4.78, 5) is 5.23. The predicted octanol–water partition coefficient (Wildman–Crippen LogP) is 7.15. The van der Waals surface area contributed by atoms with Crippen LogP contribution in [0.3, 0.4) is 0 Å². The molecule has 2 heterocycles. The Morgan fingerprint density at radius 3 is 1.72 bits per heavy atom. The van der Waals surface area contributed by atoms with Crippen LogP contribution in [0.5, 0.6) is 0 Å². The van der Waals surface area contributed by atoms with Gasteiger partial charge in [-0.15, -0.1) is 0 Å². The molecule has 32 heavy (non-hydrogen) atoms. The van der Waals surface area contributed by atoms with Crippen LogP contribution in [0.25, 0.3) is 10.9 Å². The molecule has 2 aliphatic rings. The van der Waals surface area contributed by atoms with Gasteiger partial charge >= 0.3 is 197 Å². The van der Waals surface area contributed by atoms with E-state index in [1.807, 2.05) is 0 Å². The molecule has 0 spiro atoms. The summed E-state index contributed by atoms with van der Waals surface area (Å²) in [6.45, 7) is 0. The van der Waals surface area contributed by atoms with E-state index in [2.05, 4.69) is 125 Å². The summed E-state index contributed by atoms with van der Waals surface area (Å²) in [7, 11) is -0.524. The molecule has 1 unspecified atom stereocenters. The van der Waals surface area contributed by atoms with Gasteiger partial charge in [0.2, 0.25) is 0 Å². The van der Waals surface area contributed by atoms with Crippen molar-refractivity contribution in [1.82, 2.24) is 0 Å². The summed E-state index contributed by atoms with van der Waals surface area (Å²) < 4.78 is 3.37. The monoisotopic (exact) mass is 536 g/mol. The van der Waals surface area contributed by atoms with Gasteiger partial charge in [-0.25, -0.2) is 0 Å². The number of rotatable bonds is 3. The zero-order valence-electron chi connectivity index (χ0n) is 18.4. The zero-order valence-corrected chi connectivity index (χ0v) is 22.2. The first-order valence-corrected chi connectivity index (χ1v) is 21.1. The van der Waals surface area contributed by atoms with Gasteiger partial charge in [0.05, 0.1) is 0 Å². The van der Waals surface area contributed by atoms with E-state index in [9.17, 15) is 0 Å². The fraction of sp³-hybridized carbons (Fsp3) is 0.0667. The third-order valence-electron chi connectivity index (χ3n) is 6.78. The zero-order chi connectivity index (χ0) is 21.7. The first-order valence-electron chi connectivity index (χ1n) is 11.2. The molecule has 6 rings (SSSR count). The fourth-order valence-corrected chi connectivity index (χ4v) is 22.5. The summed E-state index contributed by atoms with van der Waals surface area (Å²) in [5.74, 6) is 0. The second kappa shape index (κ2) is 7.87. The quantitative estimate of drug-likeness (QED) is 0.193. The normalized spacial score (nSPS) is 18.6. The number of benzene rings is 4. The van der Waals surface area contributed by atoms with Crippen molar-refractivity contribution in [2.24, 2.45) is 0 Å². The molecule has 0 saturated carbocycles. The molecule has 0 aromatic heterocycles. The van der Waals surface area contributed by atoms with Gasteiger partial charge in [0.15, 0.2) is 0 Å². The first-order chi connectivity index (χ1) is 15.7. The standard InChI is InChI=1S/C28H19P.2CH3.Sn/c1-5-13-22(14-6-1)26-21-27(29(26)25-19-11-4-12-20-25)28(23-15-7-2-8-16-23)24-17-9-3-10-18-24;;;/h1-17,19-20H;2*1H3;. The average Bonchev–Trinajstić information content (AvgIpc) is 2.82. The molecule has 4 aromatic rings. The summed E-state index contributed by atoms with van der Waals surface area (Å²) in [5, 5.41) is 4.75. The van der Waals surface area contributed by atoms with Crippen LogP contribution in [-0.4, -0.2) is 18.4 Å². The van der Waals surface area contributed by atoms with Crippen molar-refractivity contribution >= 4 is 46.1 Å². The molecule has 0 fully saturated rings. The predicted molar refractivity (Wildman–Crippen MR) is 142 cm³/mol. The van der Waals surface area contributed by atoms with Gasteiger partial charge < -0.3 is 0 Å². The van der Waals surface area contributed by atoms with Crippen molar-refractivity contribution < 1.29 is 0 Å². The van der Waals surface area contributed by atoms with Gasteiger partial charge in [0.25, 0.3) is 0 Å². The van der Waals surface area contributed by atoms with Gasteiger partial charge in [-0.05, 0) is 0 Å². The van der Waals surface area contributed by atoms with Gasteiger partial charge in [-0.2, -0.15) is 0 Å². The Hall–Kier alpha value is -2.41. The average molecular weight is 535 g/mol. The molecule has 154 valence electrons. The molecule has 4 aromatic carbocycles. The maximum absolute atomic E-state index is 2.77. The van der Waals surface area contributed by atoms with Crippen molar-refractivity contribution in [3.63, 3.8) is 0 Å². The number of hydrogen-bond donors (Lipinski definition) is 0. The van der Waals surface area contributed by atoms with Crippen molar-refractivity contribution in [2.45, 2.75) is 9.88 Å². The van der Waals surface area contributed by atoms with E-state index in [0.717, 1.165) is 0 Å². The Bertz CT molecular complexity index is 1370. The summed E-state index contributed by atoms with van der Waals surface area (Å²) in [6.07, 6.45) is 0. The molecule has 0 bridgehead atoms. The van der Waals surface area contributed by atoms with E-state index in [1.54, 1.807) is 17.8 Å². The molecule has 2 aliphatic heterocycles. The van der Waals surface area contributed by atoms with Crippen LogP contribution >= 0.6 is 7.92 Å². The van der Waals surface area contributed by atoms with Crippen molar-refractivity contribution in [2.75, 3.05) is 0 Å². The Morgan fingerprint density at radius 1 is 0.531 bits per heavy atom. The van der Waals surface area contributed by atoms with Crippen molar-refractivity contribution in [3.05, 3.63) is 141 Å². The van der Waals surface area contributed by atoms with Crippen LogP contribution in [-0.2, 0) is 0 Å². The summed E-state index contributed by atoms with van der Waals surface area (Å²) >= 11 is -2.77. The third kappa shape index (κ3) is 3.00. The molecule has 1 atom stereocenters. The Balaban J connectivity index is 1.75. The minimum atomic E-state index is -2.77. The van der Waals surface area contributed by atoms with Crippen LogP contribution in [0.15, 0.2) is 124 Å². The molecule has 0 amide bonds. The van der Waals surface area contributed by atoms with Gasteiger partial charge in [0.1, 0.15) is 0 Å². The molecular formula is C30H25PSn. The number of fused-ring (bicyclic) bond motifs is 2. The third-order valence-corrected chi connectivity index (χ3v) is 20.7. The Kier molecular flexibility index (Phi) is 4.97. The topological polar surface area (TPSA) is 0 Å². The molecular weight excluding hydrogens is 510 g/mol. The van der Waals surface area contributed by atoms with Crippen LogP contribution in [0.2, 0.25) is 9.88 Å². The van der Waals surface area contributed by atoms with Crippen molar-refractivity contribution in [1.29, 1.82) is 0 Å². The molecule has 0 saturated heterocycles. The number of allylic oxidation sites excluding steroid dienone is 2. The summed E-state index contributed by atoms with van der Waals surface area (Å²) in [6, 6.07) is 42.7. The Morgan fingerprint density at radius 2 is 1.06 bits per heavy atom. The molecule has 0 nitrogen and oxygen atoms in total. The van der Waals surface area contributed by atoms with E-state index in [1.165, 1.54) is 27.6 Å². The number of hydrogen-bond acceptors (Lipinski definition) is 0. The summed E-state index contributed by atoms with van der Waals surface area (Å²) in [5.41, 5.74) is 5.72. The molecule has 0 radical (unpaired) electrons. The fourth-order valence-electron chi connectivity index (χ4n) is 5.33. The van der Waals surface area contributed by atoms with E-state index in [0.29, 0.717) is 0 Å². The van der Waals surface area contributed by atoms with Gasteiger partial charge in [-0.1, -0.05) is 0 Å². The second-order valence-corrected chi connectivity index (χ2v) is 23.3. The van der Waals surface area contributed by atoms with E-state index in [-0.39, 0.29) is 0 Å². The van der Waals surface area contributed by atoms with Crippen LogP contribution < -0.4 is 8.88 Å². The van der Waals surface area contributed by atoms with Crippen LogP contribution in [0.4, 0.5) is 0 Å². The first kappa shape index (κ1) is 20.2. The van der Waals surface area contributed by atoms with Crippen LogP contribution in [0, 0.1) is 0 Å². The molecule has 2 heteroatoms. The van der Waals surface area contributed by atoms with E-state index < -0.39 is 26.3 Å². The molecule has 0 aliphatic carbocycles. The van der Waals surface area contributed by atoms with Crippen LogP contribution in [0.1, 0.15) is 16.7 Å². The van der Waals surface area contributed by atoms with E-state index in [4.69, 9.17) is 0 Å². The second-order valence-electron chi connectivity index (χ2n) is 9.02. The maximum atomic E-state index is 2.62. The SMILES string of the molecule is [CH3][Sn]1([CH3])[C]2=C(c3ccccc3)P(c3ccccc3)C2=C(c2ccccc2)c2cccc[c]21. The minimum absolute atomic E-state index is 0.524. The van der Waals surface area contributed by atoms with Crippen molar-refractivity contribution in [3.8, 4) is 0 Å². The Labute approximate surface area is 196 Å². The van der Waals surface area contributed by atoms with Gasteiger partial charge in [0, 0.05) is 0 Å². The molecule has 0 N–H and O–H groups in total. The van der Waals surface area contributed by atoms with E-state index >= 15 is 0 Å².